The molecule has 0 aliphatic rings. The van der Waals surface area contributed by atoms with Gasteiger partial charge < -0.3 is 8.83 Å². The van der Waals surface area contributed by atoms with Crippen LogP contribution < -0.4 is 10.9 Å². The molecule has 0 fully saturated rings. The molecule has 1 N–H and O–H groups in total. The van der Waals surface area contributed by atoms with Crippen LogP contribution in [0.5, 0.6) is 0 Å². The second kappa shape index (κ2) is 8.39. The summed E-state index contributed by atoms with van der Waals surface area (Å²) in [5.74, 6) is 0.600. The molecule has 0 aliphatic heterocycles. The maximum Gasteiger partial charge on any atom is 0.416 e. The van der Waals surface area contributed by atoms with Gasteiger partial charge in [-0.2, -0.15) is 18.3 Å². The van der Waals surface area contributed by atoms with Crippen molar-refractivity contribution in [1.29, 1.82) is 0 Å². The molecule has 0 unspecified atom stereocenters. The maximum absolute atomic E-state index is 12.9. The highest BCUT2D eigenvalue weighted by Gasteiger charge is 2.29. The molecular weight excluding hydrogens is 469 g/mol. The van der Waals surface area contributed by atoms with E-state index in [0.717, 1.165) is 17.7 Å². The standard InChI is InChI=1S/C25H14ClF3N2O3/c26-18-3-1-2-14(8-18)21-10-15-9-20-23(11-22(15)34-21)33-13-16(24(20)32)12-30-31-19-6-4-17(5-7-19)25(27,28)29/h1-13,31H/b30-12+. The van der Waals surface area contributed by atoms with Crippen LogP contribution in [0, 0.1) is 0 Å². The SMILES string of the molecule is O=c1c(/C=N/Nc2ccc(C(F)(F)F)cc2)coc2cc3oc(-c4cccc(Cl)c4)cc3cc12. The van der Waals surface area contributed by atoms with Gasteiger partial charge in [-0.05, 0) is 48.5 Å². The third-order valence-corrected chi connectivity index (χ3v) is 5.39. The molecule has 0 amide bonds. The summed E-state index contributed by atoms with van der Waals surface area (Å²) in [6.45, 7) is 0. The summed E-state index contributed by atoms with van der Waals surface area (Å²) >= 11 is 6.06. The van der Waals surface area contributed by atoms with Crippen molar-refractivity contribution in [3.8, 4) is 11.3 Å². The average molecular weight is 483 g/mol. The van der Waals surface area contributed by atoms with Crippen molar-refractivity contribution in [1.82, 2.24) is 0 Å². The highest BCUT2D eigenvalue weighted by Crippen LogP contribution is 2.32. The van der Waals surface area contributed by atoms with Crippen LogP contribution in [-0.4, -0.2) is 6.21 Å². The number of hydrogen-bond acceptors (Lipinski definition) is 5. The first-order valence-corrected chi connectivity index (χ1v) is 10.4. The summed E-state index contributed by atoms with van der Waals surface area (Å²) in [6, 6.07) is 16.7. The number of hydrazone groups is 1. The molecule has 5 nitrogen and oxygen atoms in total. The average Bonchev–Trinajstić information content (AvgIpc) is 3.22. The van der Waals surface area contributed by atoms with E-state index in [1.54, 1.807) is 24.3 Å². The molecule has 0 saturated heterocycles. The lowest BCUT2D eigenvalue weighted by molar-refractivity contribution is -0.137. The van der Waals surface area contributed by atoms with Crippen LogP contribution >= 0.6 is 11.6 Å². The van der Waals surface area contributed by atoms with E-state index in [0.29, 0.717) is 38.4 Å². The van der Waals surface area contributed by atoms with Gasteiger partial charge >= 0.3 is 6.18 Å². The molecule has 170 valence electrons. The third-order valence-electron chi connectivity index (χ3n) is 5.16. The minimum absolute atomic E-state index is 0.171. The van der Waals surface area contributed by atoms with E-state index in [1.807, 2.05) is 18.2 Å². The first-order chi connectivity index (χ1) is 16.3. The zero-order valence-corrected chi connectivity index (χ0v) is 17.9. The van der Waals surface area contributed by atoms with E-state index in [-0.39, 0.29) is 11.0 Å². The summed E-state index contributed by atoms with van der Waals surface area (Å²) in [5, 5.41) is 5.57. The highest BCUT2D eigenvalue weighted by atomic mass is 35.5. The van der Waals surface area contributed by atoms with E-state index >= 15 is 0 Å². The van der Waals surface area contributed by atoms with Crippen LogP contribution in [0.1, 0.15) is 11.1 Å². The van der Waals surface area contributed by atoms with Gasteiger partial charge in [0.15, 0.2) is 0 Å². The number of fused-ring (bicyclic) bond motifs is 2. The van der Waals surface area contributed by atoms with Crippen LogP contribution in [0.3, 0.4) is 0 Å². The van der Waals surface area contributed by atoms with E-state index < -0.39 is 11.7 Å². The third kappa shape index (κ3) is 4.27. The van der Waals surface area contributed by atoms with Gasteiger partial charge in [0.2, 0.25) is 5.43 Å². The zero-order valence-electron chi connectivity index (χ0n) is 17.2. The summed E-state index contributed by atoms with van der Waals surface area (Å²) < 4.78 is 49.5. The molecule has 0 aliphatic carbocycles. The van der Waals surface area contributed by atoms with Crippen molar-refractivity contribution in [3.63, 3.8) is 0 Å². The number of nitrogens with one attached hydrogen (secondary N) is 1. The van der Waals surface area contributed by atoms with Gasteiger partial charge in [0.05, 0.1) is 28.4 Å². The Morgan fingerprint density at radius 1 is 0.971 bits per heavy atom. The topological polar surface area (TPSA) is 67.7 Å². The lowest BCUT2D eigenvalue weighted by atomic mass is 10.1. The molecule has 0 spiro atoms. The molecule has 0 saturated carbocycles. The summed E-state index contributed by atoms with van der Waals surface area (Å²) in [7, 11) is 0. The van der Waals surface area contributed by atoms with E-state index in [2.05, 4.69) is 10.5 Å². The van der Waals surface area contributed by atoms with Gasteiger partial charge in [-0.1, -0.05) is 23.7 Å². The van der Waals surface area contributed by atoms with Gasteiger partial charge in [0.1, 0.15) is 23.2 Å². The molecule has 9 heteroatoms. The Morgan fingerprint density at radius 3 is 2.50 bits per heavy atom. The van der Waals surface area contributed by atoms with E-state index in [4.69, 9.17) is 20.4 Å². The predicted molar refractivity (Wildman–Crippen MR) is 125 cm³/mol. The van der Waals surface area contributed by atoms with Crippen molar-refractivity contribution >= 4 is 45.4 Å². The Morgan fingerprint density at radius 2 is 1.76 bits per heavy atom. The fraction of sp³-hybridized carbons (Fsp3) is 0.0400. The van der Waals surface area contributed by atoms with Gasteiger partial charge in [-0.15, -0.1) is 0 Å². The number of nitrogens with zero attached hydrogens (tertiary/aromatic N) is 1. The molecule has 0 atom stereocenters. The molecule has 2 aromatic heterocycles. The van der Waals surface area contributed by atoms with Gasteiger partial charge in [0.25, 0.3) is 0 Å². The largest absolute Gasteiger partial charge is 0.463 e. The first kappa shape index (κ1) is 21.8. The second-order valence-corrected chi connectivity index (χ2v) is 7.91. The number of rotatable bonds is 4. The zero-order chi connectivity index (χ0) is 23.9. The number of alkyl halides is 3. The van der Waals surface area contributed by atoms with Gasteiger partial charge in [-0.25, -0.2) is 0 Å². The molecular formula is C25H14ClF3N2O3. The second-order valence-electron chi connectivity index (χ2n) is 7.47. The van der Waals surface area contributed by atoms with Crippen molar-refractivity contribution < 1.29 is 22.0 Å². The Bertz CT molecular complexity index is 1600. The summed E-state index contributed by atoms with van der Waals surface area (Å²) in [5.41, 5.74) is 3.73. The van der Waals surface area contributed by atoms with Crippen LogP contribution in [0.25, 0.3) is 33.3 Å². The van der Waals surface area contributed by atoms with Crippen LogP contribution in [-0.2, 0) is 6.18 Å². The van der Waals surface area contributed by atoms with Crippen molar-refractivity contribution in [2.24, 2.45) is 5.10 Å². The van der Waals surface area contributed by atoms with Gasteiger partial charge in [-0.3, -0.25) is 10.2 Å². The molecule has 34 heavy (non-hydrogen) atoms. The normalized spacial score (nSPS) is 12.1. The lowest BCUT2D eigenvalue weighted by Crippen LogP contribution is -2.08. The molecule has 5 aromatic rings. The number of hydrogen-bond donors (Lipinski definition) is 1. The lowest BCUT2D eigenvalue weighted by Gasteiger charge is -2.07. The Hall–Kier alpha value is -4.04. The quantitative estimate of drug-likeness (QED) is 0.215. The van der Waals surface area contributed by atoms with Crippen LogP contribution in [0.2, 0.25) is 5.02 Å². The minimum atomic E-state index is -4.42. The molecule has 0 bridgehead atoms. The Labute approximate surface area is 195 Å². The molecule has 3 aromatic carbocycles. The van der Waals surface area contributed by atoms with Crippen LogP contribution in [0.4, 0.5) is 18.9 Å². The highest BCUT2D eigenvalue weighted by molar-refractivity contribution is 6.30. The van der Waals surface area contributed by atoms with Gasteiger partial charge in [0, 0.05) is 22.0 Å². The first-order valence-electron chi connectivity index (χ1n) is 9.99. The van der Waals surface area contributed by atoms with Crippen molar-refractivity contribution in [3.05, 3.63) is 99.4 Å². The Kier molecular flexibility index (Phi) is 5.37. The van der Waals surface area contributed by atoms with E-state index in [9.17, 15) is 18.0 Å². The van der Waals surface area contributed by atoms with E-state index in [1.165, 1.54) is 24.6 Å². The fourth-order valence-electron chi connectivity index (χ4n) is 3.46. The number of halogens is 4. The summed E-state index contributed by atoms with van der Waals surface area (Å²) in [6.07, 6.45) is -1.91. The molecule has 0 radical (unpaired) electrons. The smallest absolute Gasteiger partial charge is 0.416 e. The number of benzene rings is 3. The molecule has 2 heterocycles. The minimum Gasteiger partial charge on any atom is -0.463 e. The maximum atomic E-state index is 12.9. The van der Waals surface area contributed by atoms with Crippen LogP contribution in [0.15, 0.2) is 91.7 Å². The predicted octanol–water partition coefficient (Wildman–Crippen LogP) is 7.32. The number of anilines is 1. The van der Waals surface area contributed by atoms with Crippen molar-refractivity contribution in [2.75, 3.05) is 5.43 Å². The number of furan rings is 1. The fourth-order valence-corrected chi connectivity index (χ4v) is 3.65. The monoisotopic (exact) mass is 482 g/mol. The molecule has 5 rings (SSSR count). The summed E-state index contributed by atoms with van der Waals surface area (Å²) in [4.78, 5) is 12.9. The van der Waals surface area contributed by atoms with Crippen molar-refractivity contribution in [2.45, 2.75) is 6.18 Å². The Balaban J connectivity index is 1.43.